The van der Waals surface area contributed by atoms with Crippen molar-refractivity contribution in [2.24, 2.45) is 5.92 Å². The summed E-state index contributed by atoms with van der Waals surface area (Å²) in [6.07, 6.45) is 4.54. The summed E-state index contributed by atoms with van der Waals surface area (Å²) < 4.78 is 0. The maximum Gasteiger partial charge on any atom is 0.163 e. The Kier molecular flexibility index (Phi) is 4.94. The van der Waals surface area contributed by atoms with Crippen LogP contribution >= 0.6 is 11.6 Å². The van der Waals surface area contributed by atoms with Crippen molar-refractivity contribution < 1.29 is 4.79 Å². The Morgan fingerprint density at radius 3 is 3.05 bits per heavy atom. The smallest absolute Gasteiger partial charge is 0.163 e. The van der Waals surface area contributed by atoms with Gasteiger partial charge in [-0.05, 0) is 51.3 Å². The van der Waals surface area contributed by atoms with E-state index in [4.69, 9.17) is 11.6 Å². The number of hydrogen-bond donors (Lipinski definition) is 0. The molecular weight excluding hydrogens is 260 g/mol. The zero-order valence-electron chi connectivity index (χ0n) is 11.6. The SMILES string of the molecule is CC(C)N1CCC[C@@H](CC(=O)c2ccnc(Cl)c2)C1. The van der Waals surface area contributed by atoms with Crippen LogP contribution in [0.5, 0.6) is 0 Å². The lowest BCUT2D eigenvalue weighted by molar-refractivity contribution is 0.0890. The zero-order valence-corrected chi connectivity index (χ0v) is 12.4. The Labute approximate surface area is 120 Å². The number of pyridine rings is 1. The highest BCUT2D eigenvalue weighted by molar-refractivity contribution is 6.29. The summed E-state index contributed by atoms with van der Waals surface area (Å²) in [7, 11) is 0. The number of carbonyl (C=O) groups excluding carboxylic acids is 1. The average Bonchev–Trinajstić information content (AvgIpc) is 2.39. The van der Waals surface area contributed by atoms with Crippen molar-refractivity contribution in [1.82, 2.24) is 9.88 Å². The van der Waals surface area contributed by atoms with Gasteiger partial charge in [-0.2, -0.15) is 0 Å². The van der Waals surface area contributed by atoms with Crippen molar-refractivity contribution in [1.29, 1.82) is 0 Å². The van der Waals surface area contributed by atoms with E-state index in [1.165, 1.54) is 6.42 Å². The van der Waals surface area contributed by atoms with Crippen molar-refractivity contribution in [3.8, 4) is 0 Å². The van der Waals surface area contributed by atoms with E-state index in [0.29, 0.717) is 29.1 Å². The molecule has 0 spiro atoms. The molecule has 0 N–H and O–H groups in total. The van der Waals surface area contributed by atoms with Gasteiger partial charge in [0.15, 0.2) is 5.78 Å². The van der Waals surface area contributed by atoms with Crippen LogP contribution in [0.4, 0.5) is 0 Å². The molecule has 1 aromatic rings. The molecule has 0 bridgehead atoms. The van der Waals surface area contributed by atoms with Crippen LogP contribution in [-0.2, 0) is 0 Å². The first-order chi connectivity index (χ1) is 9.06. The maximum absolute atomic E-state index is 12.2. The predicted octanol–water partition coefficient (Wildman–Crippen LogP) is 3.43. The first-order valence-electron chi connectivity index (χ1n) is 6.95. The Bertz CT molecular complexity index is 448. The minimum Gasteiger partial charge on any atom is -0.301 e. The highest BCUT2D eigenvalue weighted by Gasteiger charge is 2.24. The first-order valence-corrected chi connectivity index (χ1v) is 7.33. The number of ketones is 1. The van der Waals surface area contributed by atoms with E-state index in [1.807, 2.05) is 0 Å². The van der Waals surface area contributed by atoms with Crippen LogP contribution in [0.25, 0.3) is 0 Å². The molecule has 1 saturated heterocycles. The molecule has 0 amide bonds. The van der Waals surface area contributed by atoms with Gasteiger partial charge < -0.3 is 4.90 Å². The fraction of sp³-hybridized carbons (Fsp3) is 0.600. The highest BCUT2D eigenvalue weighted by Crippen LogP contribution is 2.23. The maximum atomic E-state index is 12.2. The molecular formula is C15H21ClN2O. The summed E-state index contributed by atoms with van der Waals surface area (Å²) in [4.78, 5) is 18.6. The summed E-state index contributed by atoms with van der Waals surface area (Å²) in [5.41, 5.74) is 0.682. The van der Waals surface area contributed by atoms with E-state index < -0.39 is 0 Å². The molecule has 0 aliphatic carbocycles. The Morgan fingerprint density at radius 1 is 1.58 bits per heavy atom. The summed E-state index contributed by atoms with van der Waals surface area (Å²) in [6, 6.07) is 3.97. The van der Waals surface area contributed by atoms with Crippen molar-refractivity contribution in [2.45, 2.75) is 39.2 Å². The molecule has 1 aliphatic heterocycles. The fourth-order valence-corrected chi connectivity index (χ4v) is 2.86. The number of Topliss-reactive ketones (excluding diaryl/α,β-unsaturated/α-hetero) is 1. The zero-order chi connectivity index (χ0) is 13.8. The number of nitrogens with zero attached hydrogens (tertiary/aromatic N) is 2. The first kappa shape index (κ1) is 14.5. The summed E-state index contributed by atoms with van der Waals surface area (Å²) in [5, 5.41) is 0.387. The number of likely N-dealkylation sites (tertiary alicyclic amines) is 1. The van der Waals surface area contributed by atoms with Gasteiger partial charge in [0, 0.05) is 30.8 Å². The minimum atomic E-state index is 0.180. The second-order valence-electron chi connectivity index (χ2n) is 5.59. The molecule has 1 fully saturated rings. The van der Waals surface area contributed by atoms with Gasteiger partial charge >= 0.3 is 0 Å². The van der Waals surface area contributed by atoms with Gasteiger partial charge in [0.1, 0.15) is 5.15 Å². The number of piperidine rings is 1. The average molecular weight is 281 g/mol. The molecule has 4 heteroatoms. The van der Waals surface area contributed by atoms with Gasteiger partial charge in [0.2, 0.25) is 0 Å². The second-order valence-corrected chi connectivity index (χ2v) is 5.98. The van der Waals surface area contributed by atoms with Crippen molar-refractivity contribution >= 4 is 17.4 Å². The molecule has 0 saturated carbocycles. The molecule has 1 atom stereocenters. The van der Waals surface area contributed by atoms with E-state index >= 15 is 0 Å². The van der Waals surface area contributed by atoms with Gasteiger partial charge in [0.25, 0.3) is 0 Å². The quantitative estimate of drug-likeness (QED) is 0.626. The van der Waals surface area contributed by atoms with Crippen LogP contribution in [0, 0.1) is 5.92 Å². The largest absolute Gasteiger partial charge is 0.301 e. The second kappa shape index (κ2) is 6.49. The third kappa shape index (κ3) is 4.02. The number of rotatable bonds is 4. The molecule has 1 aromatic heterocycles. The third-order valence-corrected chi connectivity index (χ3v) is 4.01. The molecule has 2 heterocycles. The van der Waals surface area contributed by atoms with E-state index in [-0.39, 0.29) is 5.78 Å². The highest BCUT2D eigenvalue weighted by atomic mass is 35.5. The normalized spacial score (nSPS) is 20.7. The van der Waals surface area contributed by atoms with E-state index in [1.54, 1.807) is 18.3 Å². The molecule has 0 radical (unpaired) electrons. The standard InChI is InChI=1S/C15H21ClN2O/c1-11(2)18-7-3-4-12(10-18)8-14(19)13-5-6-17-15(16)9-13/h5-6,9,11-12H,3-4,7-8,10H2,1-2H3/t12-/m0/s1. The van der Waals surface area contributed by atoms with E-state index in [2.05, 4.69) is 23.7 Å². The molecule has 0 unspecified atom stereocenters. The number of aromatic nitrogens is 1. The van der Waals surface area contributed by atoms with E-state index in [9.17, 15) is 4.79 Å². The van der Waals surface area contributed by atoms with E-state index in [0.717, 1.165) is 19.5 Å². The summed E-state index contributed by atoms with van der Waals surface area (Å²) in [5.74, 6) is 0.649. The molecule has 1 aliphatic rings. The topological polar surface area (TPSA) is 33.2 Å². The number of carbonyl (C=O) groups is 1. The monoisotopic (exact) mass is 280 g/mol. The summed E-state index contributed by atoms with van der Waals surface area (Å²) in [6.45, 7) is 6.62. The van der Waals surface area contributed by atoms with Crippen LogP contribution in [0.1, 0.15) is 43.5 Å². The summed E-state index contributed by atoms with van der Waals surface area (Å²) >= 11 is 5.82. The van der Waals surface area contributed by atoms with Crippen molar-refractivity contribution in [2.75, 3.05) is 13.1 Å². The van der Waals surface area contributed by atoms with Crippen LogP contribution in [0.15, 0.2) is 18.3 Å². The van der Waals surface area contributed by atoms with Gasteiger partial charge in [-0.15, -0.1) is 0 Å². The van der Waals surface area contributed by atoms with Crippen molar-refractivity contribution in [3.05, 3.63) is 29.0 Å². The Hall–Kier alpha value is -0.930. The van der Waals surface area contributed by atoms with Crippen molar-refractivity contribution in [3.63, 3.8) is 0 Å². The van der Waals surface area contributed by atoms with Gasteiger partial charge in [0.05, 0.1) is 0 Å². The lowest BCUT2D eigenvalue weighted by Crippen LogP contribution is -2.40. The molecule has 0 aromatic carbocycles. The lowest BCUT2D eigenvalue weighted by Gasteiger charge is -2.35. The Morgan fingerprint density at radius 2 is 2.37 bits per heavy atom. The van der Waals surface area contributed by atoms with Crippen LogP contribution in [0.3, 0.4) is 0 Å². The Balaban J connectivity index is 1.95. The molecule has 19 heavy (non-hydrogen) atoms. The predicted molar refractivity (Wildman–Crippen MR) is 77.6 cm³/mol. The number of hydrogen-bond acceptors (Lipinski definition) is 3. The van der Waals surface area contributed by atoms with Gasteiger partial charge in [-0.3, -0.25) is 4.79 Å². The van der Waals surface area contributed by atoms with Gasteiger partial charge in [-0.1, -0.05) is 11.6 Å². The fourth-order valence-electron chi connectivity index (χ4n) is 2.69. The third-order valence-electron chi connectivity index (χ3n) is 3.80. The van der Waals surface area contributed by atoms with Crippen LogP contribution in [0.2, 0.25) is 5.15 Å². The molecule has 104 valence electrons. The van der Waals surface area contributed by atoms with Crippen LogP contribution in [-0.4, -0.2) is 34.8 Å². The molecule has 3 nitrogen and oxygen atoms in total. The van der Waals surface area contributed by atoms with Crippen LogP contribution < -0.4 is 0 Å². The molecule has 2 rings (SSSR count). The lowest BCUT2D eigenvalue weighted by atomic mass is 9.90. The minimum absolute atomic E-state index is 0.180. The van der Waals surface area contributed by atoms with Gasteiger partial charge in [-0.25, -0.2) is 4.98 Å². The number of halogens is 1.